The van der Waals surface area contributed by atoms with Crippen LogP contribution in [-0.4, -0.2) is 18.0 Å². The molecular weight excluding hydrogens is 254 g/mol. The number of benzene rings is 1. The standard InChI is InChI=1S/C13H10F2N2O2/c1-19-12-6-8(2-3-10(12)14)17-13(18)9-4-5-16-7-11(9)15/h2-7H,1H3,(H,17,18). The van der Waals surface area contributed by atoms with Crippen molar-refractivity contribution < 1.29 is 18.3 Å². The molecule has 2 rings (SSSR count). The van der Waals surface area contributed by atoms with Gasteiger partial charge in [-0.1, -0.05) is 0 Å². The minimum atomic E-state index is -0.728. The van der Waals surface area contributed by atoms with E-state index in [2.05, 4.69) is 10.3 Å². The first-order valence-corrected chi connectivity index (χ1v) is 5.36. The highest BCUT2D eigenvalue weighted by atomic mass is 19.1. The molecule has 98 valence electrons. The Hall–Kier alpha value is -2.50. The Balaban J connectivity index is 2.22. The molecule has 1 heterocycles. The van der Waals surface area contributed by atoms with Gasteiger partial charge in [-0.15, -0.1) is 0 Å². The second-order valence-corrected chi connectivity index (χ2v) is 3.66. The van der Waals surface area contributed by atoms with E-state index in [4.69, 9.17) is 4.74 Å². The molecule has 0 aliphatic heterocycles. The van der Waals surface area contributed by atoms with Crippen LogP contribution in [0, 0.1) is 11.6 Å². The van der Waals surface area contributed by atoms with Crippen molar-refractivity contribution in [1.82, 2.24) is 4.98 Å². The molecule has 0 atom stereocenters. The molecular formula is C13H10F2N2O2. The van der Waals surface area contributed by atoms with Crippen LogP contribution in [0.4, 0.5) is 14.5 Å². The molecule has 0 aliphatic rings. The van der Waals surface area contributed by atoms with Gasteiger partial charge in [0.1, 0.15) is 0 Å². The zero-order valence-electron chi connectivity index (χ0n) is 9.98. The largest absolute Gasteiger partial charge is 0.494 e. The van der Waals surface area contributed by atoms with E-state index in [-0.39, 0.29) is 11.3 Å². The summed E-state index contributed by atoms with van der Waals surface area (Å²) in [4.78, 5) is 15.4. The molecule has 0 unspecified atom stereocenters. The molecule has 0 spiro atoms. The van der Waals surface area contributed by atoms with Crippen molar-refractivity contribution in [2.24, 2.45) is 0 Å². The van der Waals surface area contributed by atoms with Gasteiger partial charge in [0, 0.05) is 18.0 Å². The van der Waals surface area contributed by atoms with Crippen molar-refractivity contribution in [3.8, 4) is 5.75 Å². The Morgan fingerprint density at radius 3 is 2.74 bits per heavy atom. The third-order valence-corrected chi connectivity index (χ3v) is 2.43. The van der Waals surface area contributed by atoms with Crippen LogP contribution in [0.5, 0.6) is 5.75 Å². The number of hydrogen-bond acceptors (Lipinski definition) is 3. The molecule has 0 radical (unpaired) electrons. The van der Waals surface area contributed by atoms with Crippen LogP contribution in [-0.2, 0) is 0 Å². The molecule has 1 aromatic carbocycles. The number of ether oxygens (including phenoxy) is 1. The Kier molecular flexibility index (Phi) is 3.70. The van der Waals surface area contributed by atoms with Crippen LogP contribution >= 0.6 is 0 Å². The van der Waals surface area contributed by atoms with E-state index in [0.717, 1.165) is 12.3 Å². The van der Waals surface area contributed by atoms with Crippen molar-refractivity contribution in [2.75, 3.05) is 12.4 Å². The van der Waals surface area contributed by atoms with Gasteiger partial charge in [-0.05, 0) is 18.2 Å². The molecule has 1 amide bonds. The summed E-state index contributed by atoms with van der Waals surface area (Å²) in [6.07, 6.45) is 2.25. The molecule has 19 heavy (non-hydrogen) atoms. The Bertz CT molecular complexity index is 617. The summed E-state index contributed by atoms with van der Waals surface area (Å²) in [5.41, 5.74) is 0.165. The number of methoxy groups -OCH3 is 1. The minimum absolute atomic E-state index is 0.00648. The SMILES string of the molecule is COc1cc(NC(=O)c2ccncc2F)ccc1F. The highest BCUT2D eigenvalue weighted by Crippen LogP contribution is 2.22. The summed E-state index contributed by atoms with van der Waals surface area (Å²) >= 11 is 0. The van der Waals surface area contributed by atoms with Gasteiger partial charge in [0.15, 0.2) is 17.4 Å². The molecule has 0 saturated heterocycles. The third-order valence-electron chi connectivity index (χ3n) is 2.43. The van der Waals surface area contributed by atoms with Gasteiger partial charge < -0.3 is 10.1 Å². The zero-order valence-corrected chi connectivity index (χ0v) is 9.98. The summed E-state index contributed by atoms with van der Waals surface area (Å²) in [6, 6.07) is 5.07. The second kappa shape index (κ2) is 5.43. The lowest BCUT2D eigenvalue weighted by Gasteiger charge is -2.08. The number of rotatable bonds is 3. The molecule has 2 aromatic rings. The summed E-state index contributed by atoms with van der Waals surface area (Å²) in [6.45, 7) is 0. The number of hydrogen-bond donors (Lipinski definition) is 1. The van der Waals surface area contributed by atoms with Crippen LogP contribution in [0.3, 0.4) is 0 Å². The van der Waals surface area contributed by atoms with Crippen LogP contribution in [0.1, 0.15) is 10.4 Å². The summed E-state index contributed by atoms with van der Waals surface area (Å²) in [7, 11) is 1.31. The number of nitrogens with zero attached hydrogens (tertiary/aromatic N) is 1. The quantitative estimate of drug-likeness (QED) is 0.927. The molecule has 0 aliphatic carbocycles. The molecule has 0 saturated carbocycles. The molecule has 6 heteroatoms. The lowest BCUT2D eigenvalue weighted by molar-refractivity contribution is 0.102. The Morgan fingerprint density at radius 2 is 2.05 bits per heavy atom. The fourth-order valence-corrected chi connectivity index (χ4v) is 1.50. The Labute approximate surface area is 108 Å². The van der Waals surface area contributed by atoms with Crippen molar-refractivity contribution >= 4 is 11.6 Å². The van der Waals surface area contributed by atoms with Gasteiger partial charge in [-0.3, -0.25) is 9.78 Å². The monoisotopic (exact) mass is 264 g/mol. The Morgan fingerprint density at radius 1 is 1.26 bits per heavy atom. The average Bonchev–Trinajstić information content (AvgIpc) is 2.41. The molecule has 0 bridgehead atoms. The lowest BCUT2D eigenvalue weighted by Crippen LogP contribution is -2.14. The van der Waals surface area contributed by atoms with Gasteiger partial charge in [0.25, 0.3) is 5.91 Å². The van der Waals surface area contributed by atoms with Gasteiger partial charge >= 0.3 is 0 Å². The smallest absolute Gasteiger partial charge is 0.258 e. The number of carbonyl (C=O) groups excluding carboxylic acids is 1. The van der Waals surface area contributed by atoms with E-state index in [1.807, 2.05) is 0 Å². The average molecular weight is 264 g/mol. The van der Waals surface area contributed by atoms with Crippen LogP contribution < -0.4 is 10.1 Å². The molecule has 0 fully saturated rings. The first kappa shape index (κ1) is 12.9. The van der Waals surface area contributed by atoms with Crippen molar-refractivity contribution in [3.63, 3.8) is 0 Å². The number of amides is 1. The van der Waals surface area contributed by atoms with E-state index in [1.54, 1.807) is 0 Å². The van der Waals surface area contributed by atoms with E-state index in [1.165, 1.54) is 31.5 Å². The van der Waals surface area contributed by atoms with E-state index in [0.29, 0.717) is 5.69 Å². The maximum Gasteiger partial charge on any atom is 0.258 e. The zero-order chi connectivity index (χ0) is 13.8. The van der Waals surface area contributed by atoms with Crippen molar-refractivity contribution in [1.29, 1.82) is 0 Å². The molecule has 1 N–H and O–H groups in total. The summed E-state index contributed by atoms with van der Waals surface area (Å²) < 4.78 is 31.3. The van der Waals surface area contributed by atoms with Crippen LogP contribution in [0.2, 0.25) is 0 Å². The second-order valence-electron chi connectivity index (χ2n) is 3.66. The molecule has 4 nitrogen and oxygen atoms in total. The highest BCUT2D eigenvalue weighted by molar-refractivity contribution is 6.04. The van der Waals surface area contributed by atoms with Gasteiger partial charge in [0.2, 0.25) is 0 Å². The van der Waals surface area contributed by atoms with Gasteiger partial charge in [-0.2, -0.15) is 0 Å². The fraction of sp³-hybridized carbons (Fsp3) is 0.0769. The van der Waals surface area contributed by atoms with Crippen molar-refractivity contribution in [2.45, 2.75) is 0 Å². The first-order valence-electron chi connectivity index (χ1n) is 5.36. The fourth-order valence-electron chi connectivity index (χ4n) is 1.50. The van der Waals surface area contributed by atoms with Gasteiger partial charge in [-0.25, -0.2) is 8.78 Å². The predicted octanol–water partition coefficient (Wildman–Crippen LogP) is 2.62. The molecule has 1 aromatic heterocycles. The van der Waals surface area contributed by atoms with E-state index < -0.39 is 17.5 Å². The normalized spacial score (nSPS) is 10.1. The van der Waals surface area contributed by atoms with Crippen molar-refractivity contribution in [3.05, 3.63) is 53.9 Å². The van der Waals surface area contributed by atoms with Crippen LogP contribution in [0.25, 0.3) is 0 Å². The third kappa shape index (κ3) is 2.85. The number of carbonyl (C=O) groups is 1. The topological polar surface area (TPSA) is 51.2 Å². The number of halogens is 2. The number of anilines is 1. The first-order chi connectivity index (χ1) is 9.11. The maximum absolute atomic E-state index is 13.3. The minimum Gasteiger partial charge on any atom is -0.494 e. The number of nitrogens with one attached hydrogen (secondary N) is 1. The number of pyridine rings is 1. The highest BCUT2D eigenvalue weighted by Gasteiger charge is 2.12. The van der Waals surface area contributed by atoms with Crippen LogP contribution in [0.15, 0.2) is 36.7 Å². The number of aromatic nitrogens is 1. The van der Waals surface area contributed by atoms with E-state index in [9.17, 15) is 13.6 Å². The lowest BCUT2D eigenvalue weighted by atomic mass is 10.2. The van der Waals surface area contributed by atoms with Gasteiger partial charge in [0.05, 0.1) is 18.9 Å². The van der Waals surface area contributed by atoms with E-state index >= 15 is 0 Å². The maximum atomic E-state index is 13.3. The summed E-state index contributed by atoms with van der Waals surface area (Å²) in [5.74, 6) is -1.92. The predicted molar refractivity (Wildman–Crippen MR) is 65.1 cm³/mol. The summed E-state index contributed by atoms with van der Waals surface area (Å²) in [5, 5.41) is 2.45.